The van der Waals surface area contributed by atoms with Crippen LogP contribution >= 0.6 is 11.8 Å². The van der Waals surface area contributed by atoms with Gasteiger partial charge in [-0.15, -0.1) is 0 Å². The molecule has 0 aliphatic carbocycles. The number of H-pyrrole nitrogens is 1. The molecule has 3 aromatic carbocycles. The number of nitrogens with zero attached hydrogens (tertiary/aromatic N) is 2. The van der Waals surface area contributed by atoms with Crippen molar-refractivity contribution in [3.05, 3.63) is 100 Å². The molecule has 5 aromatic rings. The van der Waals surface area contributed by atoms with Crippen molar-refractivity contribution in [3.63, 3.8) is 0 Å². The Labute approximate surface area is 218 Å². The van der Waals surface area contributed by atoms with Gasteiger partial charge in [0.1, 0.15) is 16.8 Å². The van der Waals surface area contributed by atoms with Crippen LogP contribution in [0.5, 0.6) is 5.75 Å². The first kappa shape index (κ1) is 24.4. The van der Waals surface area contributed by atoms with E-state index >= 15 is 0 Å². The maximum atomic E-state index is 13.7. The molecule has 0 saturated heterocycles. The molecule has 0 radical (unpaired) electrons. The number of ether oxygens (including phenoxy) is 1. The lowest BCUT2D eigenvalue weighted by atomic mass is 10.1. The van der Waals surface area contributed by atoms with Crippen molar-refractivity contribution in [3.8, 4) is 22.6 Å². The average molecular weight is 511 g/mol. The fourth-order valence-corrected chi connectivity index (χ4v) is 4.88. The van der Waals surface area contributed by atoms with Gasteiger partial charge in [0.2, 0.25) is 5.91 Å². The van der Waals surface area contributed by atoms with E-state index in [0.717, 1.165) is 27.9 Å². The van der Waals surface area contributed by atoms with E-state index in [-0.39, 0.29) is 17.2 Å². The lowest BCUT2D eigenvalue weighted by Gasteiger charge is -2.13. The van der Waals surface area contributed by atoms with Crippen LogP contribution in [0.2, 0.25) is 0 Å². The summed E-state index contributed by atoms with van der Waals surface area (Å²) in [6.45, 7) is 4.04. The Balaban J connectivity index is 1.53. The van der Waals surface area contributed by atoms with Crippen LogP contribution in [-0.4, -0.2) is 33.3 Å². The molecule has 0 spiro atoms. The van der Waals surface area contributed by atoms with Gasteiger partial charge in [-0.2, -0.15) is 0 Å². The minimum Gasteiger partial charge on any atom is -0.497 e. The molecule has 186 valence electrons. The van der Waals surface area contributed by atoms with Gasteiger partial charge in [0, 0.05) is 17.4 Å². The Morgan fingerprint density at radius 3 is 2.49 bits per heavy atom. The van der Waals surface area contributed by atoms with Crippen molar-refractivity contribution < 1.29 is 9.53 Å². The fourth-order valence-electron chi connectivity index (χ4n) is 4.08. The number of hydrogen-bond donors (Lipinski definition) is 2. The predicted octanol–water partition coefficient (Wildman–Crippen LogP) is 5.74. The van der Waals surface area contributed by atoms with Crippen LogP contribution in [0, 0.1) is 13.8 Å². The summed E-state index contributed by atoms with van der Waals surface area (Å²) in [4.78, 5) is 34.5. The van der Waals surface area contributed by atoms with E-state index in [0.29, 0.717) is 27.6 Å². The number of aromatic amines is 1. The van der Waals surface area contributed by atoms with Crippen LogP contribution in [0.1, 0.15) is 11.1 Å². The molecule has 37 heavy (non-hydrogen) atoms. The number of carbonyl (C=O) groups excluding carboxylic acids is 1. The molecular formula is C29H26N4O3S. The van der Waals surface area contributed by atoms with Gasteiger partial charge in [-0.3, -0.25) is 14.2 Å². The molecular weight excluding hydrogens is 484 g/mol. The standard InChI is InChI=1S/C29H26N4O3S/c1-18-9-10-21(15-19(18)2)31-25(34)17-37-29-32-26-24(20-7-5-4-6-8-20)16-30-27(26)28(35)33(29)22-11-13-23(36-3)14-12-22/h4-16,30H,17H2,1-3H3,(H,31,34). The number of aromatic nitrogens is 3. The number of hydrogen-bond acceptors (Lipinski definition) is 5. The van der Waals surface area contributed by atoms with Gasteiger partial charge in [0.05, 0.1) is 18.6 Å². The molecule has 2 heterocycles. The Morgan fingerprint density at radius 1 is 1.03 bits per heavy atom. The first-order chi connectivity index (χ1) is 17.9. The summed E-state index contributed by atoms with van der Waals surface area (Å²) in [5.74, 6) is 0.590. The minimum absolute atomic E-state index is 0.0894. The maximum absolute atomic E-state index is 13.7. The SMILES string of the molecule is COc1ccc(-n2c(SCC(=O)Nc3ccc(C)c(C)c3)nc3c(-c4ccccc4)c[nH]c3c2=O)cc1. The topological polar surface area (TPSA) is 89.0 Å². The number of amides is 1. The summed E-state index contributed by atoms with van der Waals surface area (Å²) in [6, 6.07) is 22.8. The fraction of sp³-hybridized carbons (Fsp3) is 0.138. The van der Waals surface area contributed by atoms with Crippen LogP contribution in [0.3, 0.4) is 0 Å². The molecule has 0 aliphatic rings. The van der Waals surface area contributed by atoms with E-state index in [9.17, 15) is 9.59 Å². The van der Waals surface area contributed by atoms with E-state index in [1.165, 1.54) is 16.3 Å². The summed E-state index contributed by atoms with van der Waals surface area (Å²) in [5.41, 5.74) is 6.14. The van der Waals surface area contributed by atoms with Gasteiger partial charge in [-0.05, 0) is 66.9 Å². The van der Waals surface area contributed by atoms with Crippen LogP contribution in [-0.2, 0) is 4.79 Å². The van der Waals surface area contributed by atoms with Crippen LogP contribution in [0.15, 0.2) is 88.9 Å². The van der Waals surface area contributed by atoms with Crippen molar-refractivity contribution in [1.82, 2.24) is 14.5 Å². The van der Waals surface area contributed by atoms with Crippen LogP contribution in [0.25, 0.3) is 27.8 Å². The Hall–Kier alpha value is -4.30. The van der Waals surface area contributed by atoms with E-state index < -0.39 is 0 Å². The predicted molar refractivity (Wildman–Crippen MR) is 149 cm³/mol. The zero-order chi connectivity index (χ0) is 25.9. The van der Waals surface area contributed by atoms with E-state index in [2.05, 4.69) is 10.3 Å². The molecule has 0 atom stereocenters. The zero-order valence-corrected chi connectivity index (χ0v) is 21.6. The molecule has 8 heteroatoms. The van der Waals surface area contributed by atoms with Crippen molar-refractivity contribution in [2.75, 3.05) is 18.2 Å². The van der Waals surface area contributed by atoms with E-state index in [4.69, 9.17) is 9.72 Å². The number of methoxy groups -OCH3 is 1. The molecule has 0 bridgehead atoms. The molecule has 5 rings (SSSR count). The monoisotopic (exact) mass is 510 g/mol. The smallest absolute Gasteiger partial charge is 0.283 e. The molecule has 7 nitrogen and oxygen atoms in total. The molecule has 2 aromatic heterocycles. The Morgan fingerprint density at radius 2 is 1.78 bits per heavy atom. The van der Waals surface area contributed by atoms with Gasteiger partial charge in [0.25, 0.3) is 5.56 Å². The first-order valence-corrected chi connectivity index (χ1v) is 12.8. The second-order valence-corrected chi connectivity index (χ2v) is 9.60. The molecule has 0 fully saturated rings. The summed E-state index contributed by atoms with van der Waals surface area (Å²) < 4.78 is 6.80. The highest BCUT2D eigenvalue weighted by Gasteiger charge is 2.19. The third-order valence-corrected chi connectivity index (χ3v) is 7.15. The number of fused-ring (bicyclic) bond motifs is 1. The Kier molecular flexibility index (Phi) is 6.83. The van der Waals surface area contributed by atoms with Crippen molar-refractivity contribution in [1.29, 1.82) is 0 Å². The highest BCUT2D eigenvalue weighted by Crippen LogP contribution is 2.29. The first-order valence-electron chi connectivity index (χ1n) is 11.8. The van der Waals surface area contributed by atoms with Gasteiger partial charge in [-0.1, -0.05) is 48.2 Å². The summed E-state index contributed by atoms with van der Waals surface area (Å²) in [5, 5.41) is 3.37. The second kappa shape index (κ2) is 10.4. The highest BCUT2D eigenvalue weighted by atomic mass is 32.2. The second-order valence-electron chi connectivity index (χ2n) is 8.66. The lowest BCUT2D eigenvalue weighted by molar-refractivity contribution is -0.113. The molecule has 0 unspecified atom stereocenters. The molecule has 2 N–H and O–H groups in total. The maximum Gasteiger partial charge on any atom is 0.283 e. The van der Waals surface area contributed by atoms with Crippen LogP contribution < -0.4 is 15.6 Å². The third-order valence-electron chi connectivity index (χ3n) is 6.21. The van der Waals surface area contributed by atoms with Crippen LogP contribution in [0.4, 0.5) is 5.69 Å². The Bertz CT molecular complexity index is 1640. The van der Waals surface area contributed by atoms with E-state index in [1.54, 1.807) is 37.6 Å². The number of carbonyl (C=O) groups is 1. The number of aryl methyl sites for hydroxylation is 2. The summed E-state index contributed by atoms with van der Waals surface area (Å²) in [6.07, 6.45) is 1.80. The number of rotatable bonds is 7. The highest BCUT2D eigenvalue weighted by molar-refractivity contribution is 7.99. The normalized spacial score (nSPS) is 11.0. The van der Waals surface area contributed by atoms with E-state index in [1.807, 2.05) is 62.4 Å². The molecule has 0 aliphatic heterocycles. The van der Waals surface area contributed by atoms with Gasteiger partial charge < -0.3 is 15.0 Å². The minimum atomic E-state index is -0.241. The van der Waals surface area contributed by atoms with Crippen molar-refractivity contribution >= 4 is 34.4 Å². The molecule has 0 saturated carbocycles. The average Bonchev–Trinajstić information content (AvgIpc) is 3.35. The number of thioether (sulfide) groups is 1. The van der Waals surface area contributed by atoms with Gasteiger partial charge >= 0.3 is 0 Å². The summed E-state index contributed by atoms with van der Waals surface area (Å²) in [7, 11) is 1.59. The largest absolute Gasteiger partial charge is 0.497 e. The van der Waals surface area contributed by atoms with Gasteiger partial charge in [0.15, 0.2) is 5.16 Å². The van der Waals surface area contributed by atoms with Gasteiger partial charge in [-0.25, -0.2) is 4.98 Å². The number of benzene rings is 3. The summed E-state index contributed by atoms with van der Waals surface area (Å²) >= 11 is 1.22. The molecule has 1 amide bonds. The number of anilines is 1. The van der Waals surface area contributed by atoms with Crippen molar-refractivity contribution in [2.45, 2.75) is 19.0 Å². The zero-order valence-electron chi connectivity index (χ0n) is 20.7. The van der Waals surface area contributed by atoms with Crippen molar-refractivity contribution in [2.24, 2.45) is 0 Å². The number of nitrogens with one attached hydrogen (secondary N) is 2. The lowest BCUT2D eigenvalue weighted by Crippen LogP contribution is -2.23. The quantitative estimate of drug-likeness (QED) is 0.215. The third kappa shape index (κ3) is 5.01.